The van der Waals surface area contributed by atoms with Crippen LogP contribution in [0.3, 0.4) is 0 Å². The van der Waals surface area contributed by atoms with Crippen molar-refractivity contribution in [1.82, 2.24) is 0 Å². The molecule has 5 nitrogen and oxygen atoms in total. The molecular weight excluding hydrogens is 282 g/mol. The zero-order chi connectivity index (χ0) is 14.4. The van der Waals surface area contributed by atoms with Crippen LogP contribution in [0.25, 0.3) is 0 Å². The van der Waals surface area contributed by atoms with Gasteiger partial charge in [-0.1, -0.05) is 36.4 Å². The van der Waals surface area contributed by atoms with Gasteiger partial charge in [-0.05, 0) is 12.1 Å². The Morgan fingerprint density at radius 2 is 1.19 bits per heavy atom. The van der Waals surface area contributed by atoms with Crippen LogP contribution < -0.4 is 34.6 Å². The van der Waals surface area contributed by atoms with E-state index in [0.29, 0.717) is 11.1 Å². The molecule has 0 aromatic heterocycles. The minimum absolute atomic E-state index is 0. The molecule has 0 bridgehead atoms. The smallest absolute Gasteiger partial charge is 0.832 e. The third-order valence-electron chi connectivity index (χ3n) is 2.73. The van der Waals surface area contributed by atoms with Gasteiger partial charge in [0.2, 0.25) is 0 Å². The van der Waals surface area contributed by atoms with Crippen LogP contribution in [0.5, 0.6) is 11.5 Å². The van der Waals surface area contributed by atoms with Gasteiger partial charge in [-0.15, -0.1) is 0 Å². The first-order chi connectivity index (χ1) is 9.66. The molecule has 0 atom stereocenters. The van der Waals surface area contributed by atoms with Crippen molar-refractivity contribution in [2.24, 2.45) is 0 Å². The molecule has 0 aliphatic heterocycles. The molecule has 0 aliphatic rings. The topological polar surface area (TPSA) is 82.0 Å². The maximum Gasteiger partial charge on any atom is 1.00 e. The van der Waals surface area contributed by atoms with Crippen molar-refractivity contribution in [1.29, 1.82) is 0 Å². The molecule has 7 heteroatoms. The van der Waals surface area contributed by atoms with Gasteiger partial charge < -0.3 is 24.5 Å². The maximum atomic E-state index is 11.5. The Labute approximate surface area is 145 Å². The van der Waals surface area contributed by atoms with E-state index >= 15 is 0 Å². The number of aromatic hydroxyl groups is 2. The van der Waals surface area contributed by atoms with Gasteiger partial charge in [-0.2, -0.15) is 0 Å². The summed E-state index contributed by atoms with van der Waals surface area (Å²) in [5, 5.41) is 30.5. The normalized spacial score (nSPS) is 9.95. The summed E-state index contributed by atoms with van der Waals surface area (Å²) < 4.78 is 9.90. The molecule has 0 aliphatic carbocycles. The average molecular weight is 296 g/mol. The minimum Gasteiger partial charge on any atom is -0.832 e. The number of benzene rings is 2. The predicted molar refractivity (Wildman–Crippen MR) is 71.5 cm³/mol. The van der Waals surface area contributed by atoms with Crippen LogP contribution in [0.15, 0.2) is 48.5 Å². The van der Waals surface area contributed by atoms with Gasteiger partial charge >= 0.3 is 36.9 Å². The number of phenolic OH excluding ortho intramolecular Hbond substituents is 2. The maximum absolute atomic E-state index is 11.5. The number of rotatable bonds is 6. The molecule has 2 aromatic carbocycles. The fourth-order valence-electron chi connectivity index (χ4n) is 1.63. The average Bonchev–Trinajstić information content (AvgIpc) is 2.45. The summed E-state index contributed by atoms with van der Waals surface area (Å²) >= 11 is 0. The molecule has 0 saturated heterocycles. The Kier molecular flexibility index (Phi) is 7.81. The largest absolute Gasteiger partial charge is 1.00 e. The SMILES string of the molecule is [Na+].[O-]B(OCc1ccccc1O)OCc1ccccc1O. The Morgan fingerprint density at radius 3 is 1.57 bits per heavy atom. The number of phenols is 2. The molecule has 0 radical (unpaired) electrons. The third-order valence-corrected chi connectivity index (χ3v) is 2.73. The van der Waals surface area contributed by atoms with E-state index in [4.69, 9.17) is 9.31 Å². The van der Waals surface area contributed by atoms with Crippen LogP contribution in [0.1, 0.15) is 11.1 Å². The molecule has 0 heterocycles. The molecule has 0 amide bonds. The predicted octanol–water partition coefficient (Wildman–Crippen LogP) is -1.82. The van der Waals surface area contributed by atoms with Crippen molar-refractivity contribution < 1.29 is 54.1 Å². The van der Waals surface area contributed by atoms with E-state index in [1.807, 2.05) is 0 Å². The van der Waals surface area contributed by atoms with E-state index < -0.39 is 7.32 Å². The van der Waals surface area contributed by atoms with Gasteiger partial charge in [0, 0.05) is 11.1 Å². The zero-order valence-electron chi connectivity index (χ0n) is 11.7. The second kappa shape index (κ2) is 9.09. The van der Waals surface area contributed by atoms with Crippen LogP contribution in [0.2, 0.25) is 0 Å². The summed E-state index contributed by atoms with van der Waals surface area (Å²) in [7, 11) is -1.69. The summed E-state index contributed by atoms with van der Waals surface area (Å²) in [6.45, 7) is -0.0801. The van der Waals surface area contributed by atoms with Gasteiger partial charge in [0.05, 0.1) is 13.2 Å². The second-order valence-corrected chi connectivity index (χ2v) is 4.17. The van der Waals surface area contributed by atoms with Gasteiger partial charge in [0.1, 0.15) is 11.5 Å². The number of hydrogen-bond acceptors (Lipinski definition) is 5. The molecule has 0 unspecified atom stereocenters. The van der Waals surface area contributed by atoms with E-state index in [0.717, 1.165) is 0 Å². The Hall–Kier alpha value is -1.02. The van der Waals surface area contributed by atoms with E-state index in [9.17, 15) is 15.2 Å². The fraction of sp³-hybridized carbons (Fsp3) is 0.143. The van der Waals surface area contributed by atoms with E-state index in [1.165, 1.54) is 12.1 Å². The molecule has 0 saturated carbocycles. The standard InChI is InChI=1S/C14H14BO5.Na/c16-13-7-3-1-5-11(13)9-19-15(18)20-10-12-6-2-4-8-14(12)17;/h1-8,16-17H,9-10H2;/q-1;+1. The molecule has 0 spiro atoms. The first-order valence-corrected chi connectivity index (χ1v) is 6.09. The first kappa shape index (κ1) is 18.0. The van der Waals surface area contributed by atoms with Crippen molar-refractivity contribution in [2.75, 3.05) is 0 Å². The van der Waals surface area contributed by atoms with Crippen LogP contribution >= 0.6 is 0 Å². The van der Waals surface area contributed by atoms with Gasteiger partial charge in [-0.3, -0.25) is 0 Å². The van der Waals surface area contributed by atoms with Crippen molar-refractivity contribution in [3.8, 4) is 11.5 Å². The fourth-order valence-corrected chi connectivity index (χ4v) is 1.63. The summed E-state index contributed by atoms with van der Waals surface area (Å²) in [4.78, 5) is 0. The van der Waals surface area contributed by atoms with E-state index in [-0.39, 0.29) is 54.3 Å². The van der Waals surface area contributed by atoms with Crippen molar-refractivity contribution in [3.63, 3.8) is 0 Å². The zero-order valence-corrected chi connectivity index (χ0v) is 13.7. The first-order valence-electron chi connectivity index (χ1n) is 6.09. The Bertz CT molecular complexity index is 517. The molecule has 0 fully saturated rings. The monoisotopic (exact) mass is 296 g/mol. The number of hydrogen-bond donors (Lipinski definition) is 2. The van der Waals surface area contributed by atoms with Gasteiger partial charge in [-0.25, -0.2) is 0 Å². The summed E-state index contributed by atoms with van der Waals surface area (Å²) in [5.41, 5.74) is 1.03. The summed E-state index contributed by atoms with van der Waals surface area (Å²) in [5.74, 6) is 0.140. The van der Waals surface area contributed by atoms with Gasteiger partial charge in [0.25, 0.3) is 0 Å². The van der Waals surface area contributed by atoms with E-state index in [2.05, 4.69) is 0 Å². The van der Waals surface area contributed by atoms with Crippen LogP contribution in [-0.2, 0) is 22.5 Å². The summed E-state index contributed by atoms with van der Waals surface area (Å²) in [6, 6.07) is 13.2. The van der Waals surface area contributed by atoms with Crippen LogP contribution in [-0.4, -0.2) is 17.5 Å². The molecule has 21 heavy (non-hydrogen) atoms. The van der Waals surface area contributed by atoms with Crippen molar-refractivity contribution in [2.45, 2.75) is 13.2 Å². The van der Waals surface area contributed by atoms with Crippen molar-refractivity contribution >= 4 is 7.32 Å². The van der Waals surface area contributed by atoms with Crippen molar-refractivity contribution in [3.05, 3.63) is 59.7 Å². The van der Waals surface area contributed by atoms with Crippen LogP contribution in [0, 0.1) is 0 Å². The van der Waals surface area contributed by atoms with E-state index in [1.54, 1.807) is 36.4 Å². The van der Waals surface area contributed by atoms with Crippen LogP contribution in [0.4, 0.5) is 0 Å². The molecule has 2 aromatic rings. The molecule has 2 rings (SSSR count). The molecule has 2 N–H and O–H groups in total. The minimum atomic E-state index is -1.69. The Morgan fingerprint density at radius 1 is 0.810 bits per heavy atom. The summed E-state index contributed by atoms with van der Waals surface area (Å²) in [6.07, 6.45) is 0. The molecule has 104 valence electrons. The quantitative estimate of drug-likeness (QED) is 0.614. The third kappa shape index (κ3) is 5.70. The second-order valence-electron chi connectivity index (χ2n) is 4.17. The van der Waals surface area contributed by atoms with Gasteiger partial charge in [0.15, 0.2) is 0 Å². The number of para-hydroxylation sites is 2. The molecular formula is C14H14BNaO5. The Balaban J connectivity index is 0.00000220.